The Morgan fingerprint density at radius 3 is 0.969 bits per heavy atom. The highest BCUT2D eigenvalue weighted by Gasteiger charge is 2.03. The zero-order chi connectivity index (χ0) is 70.7. The summed E-state index contributed by atoms with van der Waals surface area (Å²) in [6, 6.07) is 49.1. The summed E-state index contributed by atoms with van der Waals surface area (Å²) in [4.78, 5) is 35.4. The van der Waals surface area contributed by atoms with E-state index in [1.54, 1.807) is 128 Å². The number of hydrogen-bond acceptors (Lipinski definition) is 21. The second kappa shape index (κ2) is 49.6. The van der Waals surface area contributed by atoms with Crippen molar-refractivity contribution in [3.63, 3.8) is 0 Å². The van der Waals surface area contributed by atoms with Crippen LogP contribution in [0.2, 0.25) is 0 Å². The summed E-state index contributed by atoms with van der Waals surface area (Å²) < 4.78 is 0. The standard InChI is InChI=1S/C16H16N2O2.C14H20N2O2.C13H11NO2.C12H18N2O2.C11H15NO2.C10H13NO2/c19-15-7-3-1-5-13(15)11-17-9-10-18-12-14-6-2-4-8-16(14)20;17-9-1-7-15-11-13-3-5-14(6-4-13)12-16-8-2-10-18;15-12-7-3-1-5-10(12)9-14-11-6-2-4-8-13(11)16;1-14(2)7-3-6-13-9-10-4-5-11(15)8-12(10)16;1-2-3-6-12-8-9-4-5-10(13)7-11(9)14;1-2-5-11-7-8-3-4-9(12)6-10(8)13/h1-8,11-12,19-20H,9-10H2;3-6,11-12,17-18H,1-2,7-10H2;1-9,15-16H;4-5,8-9,15-16H,3,6-7H2,1-2H3;4-5,7-8,13-14H,2-3,6H2,1H3;3-4,6-7,12-13H,2,5H2,1H3. The maximum atomic E-state index is 9.54. The minimum absolute atomic E-state index is 0.0522. The number of aliphatic hydroxyl groups excluding tert-OH is 2. The van der Waals surface area contributed by atoms with Gasteiger partial charge in [-0.25, -0.2) is 0 Å². The van der Waals surface area contributed by atoms with E-state index in [1.165, 1.54) is 42.6 Å². The lowest BCUT2D eigenvalue weighted by molar-refractivity contribution is 0.291. The first-order chi connectivity index (χ1) is 47.0. The van der Waals surface area contributed by atoms with Gasteiger partial charge in [0.25, 0.3) is 0 Å². The number of rotatable bonds is 27. The van der Waals surface area contributed by atoms with Crippen LogP contribution < -0.4 is 0 Å². The van der Waals surface area contributed by atoms with Crippen LogP contribution in [0.15, 0.2) is 216 Å². The molecule has 0 heterocycles. The van der Waals surface area contributed by atoms with Gasteiger partial charge < -0.3 is 66.2 Å². The summed E-state index contributed by atoms with van der Waals surface area (Å²) in [7, 11) is 4.05. The Morgan fingerprint density at radius 1 is 0.299 bits per heavy atom. The normalized spacial score (nSPS) is 11.2. The Bertz CT molecular complexity index is 3600. The molecule has 0 saturated heterocycles. The van der Waals surface area contributed by atoms with Crippen LogP contribution in [0.5, 0.6) is 57.5 Å². The van der Waals surface area contributed by atoms with Crippen molar-refractivity contribution >= 4 is 55.4 Å². The van der Waals surface area contributed by atoms with E-state index in [0.717, 1.165) is 63.0 Å². The summed E-state index contributed by atoms with van der Waals surface area (Å²) in [6.45, 7) is 10.1. The molecule has 0 aliphatic heterocycles. The van der Waals surface area contributed by atoms with Crippen LogP contribution in [-0.4, -0.2) is 196 Å². The molecule has 0 unspecified atom stereocenters. The fourth-order valence-corrected chi connectivity index (χ4v) is 7.54. The molecular formula is C76H93N9O12. The van der Waals surface area contributed by atoms with Gasteiger partial charge in [0.05, 0.1) is 13.1 Å². The molecule has 21 nitrogen and oxygen atoms in total. The number of benzene rings is 8. The molecule has 0 atom stereocenters. The number of aromatic hydroxyl groups is 10. The molecule has 0 aliphatic carbocycles. The third-order valence-corrected chi connectivity index (χ3v) is 12.8. The summed E-state index contributed by atoms with van der Waals surface area (Å²) in [5, 5.41) is 111. The molecule has 0 bridgehead atoms. The van der Waals surface area contributed by atoms with Crippen LogP contribution in [0.25, 0.3) is 0 Å². The number of nitrogens with zero attached hydrogens (tertiary/aromatic N) is 9. The lowest BCUT2D eigenvalue weighted by Gasteiger charge is -2.06. The Kier molecular flexibility index (Phi) is 41.0. The fourth-order valence-electron chi connectivity index (χ4n) is 7.54. The van der Waals surface area contributed by atoms with E-state index in [-0.39, 0.29) is 70.7 Å². The molecule has 0 saturated carbocycles. The van der Waals surface area contributed by atoms with Gasteiger partial charge in [-0.1, -0.05) is 93.1 Å². The first-order valence-electron chi connectivity index (χ1n) is 31.7. The Balaban J connectivity index is 0.000000305. The molecular weight excluding hydrogens is 1230 g/mol. The van der Waals surface area contributed by atoms with Crippen LogP contribution in [0.4, 0.5) is 5.69 Å². The molecule has 8 rings (SSSR count). The molecule has 0 fully saturated rings. The Morgan fingerprint density at radius 2 is 0.619 bits per heavy atom. The number of phenols is 10. The van der Waals surface area contributed by atoms with Crippen molar-refractivity contribution in [2.24, 2.45) is 39.9 Å². The average Bonchev–Trinajstić information content (AvgIpc) is 2.26. The molecule has 0 spiro atoms. The van der Waals surface area contributed by atoms with Gasteiger partial charge in [-0.3, -0.25) is 39.9 Å². The summed E-state index contributed by atoms with van der Waals surface area (Å²) in [6.07, 6.45) is 18.8. The minimum Gasteiger partial charge on any atom is -0.508 e. The van der Waals surface area contributed by atoms with Crippen molar-refractivity contribution in [3.8, 4) is 57.5 Å². The third-order valence-electron chi connectivity index (χ3n) is 12.8. The van der Waals surface area contributed by atoms with Crippen molar-refractivity contribution in [1.82, 2.24) is 4.90 Å². The largest absolute Gasteiger partial charge is 0.508 e. The molecule has 12 N–H and O–H groups in total. The molecule has 21 heteroatoms. The molecule has 514 valence electrons. The van der Waals surface area contributed by atoms with Gasteiger partial charge in [-0.2, -0.15) is 0 Å². The average molecular weight is 1320 g/mol. The number of aliphatic imine (C=N–C) groups is 8. The number of hydrogen-bond donors (Lipinski definition) is 12. The highest BCUT2D eigenvalue weighted by atomic mass is 16.3. The maximum absolute atomic E-state index is 9.54. The molecule has 97 heavy (non-hydrogen) atoms. The molecule has 8 aromatic carbocycles. The van der Waals surface area contributed by atoms with Crippen LogP contribution in [-0.2, 0) is 0 Å². The predicted molar refractivity (Wildman–Crippen MR) is 394 cm³/mol. The number of unbranched alkanes of at least 4 members (excludes halogenated alkanes) is 1. The van der Waals surface area contributed by atoms with Crippen molar-refractivity contribution in [2.75, 3.05) is 79.7 Å². The van der Waals surface area contributed by atoms with Gasteiger partial charge in [-0.15, -0.1) is 0 Å². The monoisotopic (exact) mass is 1320 g/mol. The van der Waals surface area contributed by atoms with Gasteiger partial charge in [0.1, 0.15) is 63.2 Å². The fraction of sp³-hybridized carbons (Fsp3) is 0.263. The lowest BCUT2D eigenvalue weighted by Crippen LogP contribution is -2.13. The maximum Gasteiger partial charge on any atom is 0.141 e. The van der Waals surface area contributed by atoms with Crippen LogP contribution in [0.1, 0.15) is 96.9 Å². The Labute approximate surface area is 569 Å². The van der Waals surface area contributed by atoms with Crippen molar-refractivity contribution < 1.29 is 61.3 Å². The van der Waals surface area contributed by atoms with E-state index in [4.69, 9.17) is 25.5 Å². The smallest absolute Gasteiger partial charge is 0.141 e. The Hall–Kier alpha value is -11.0. The van der Waals surface area contributed by atoms with Gasteiger partial charge in [0.15, 0.2) is 0 Å². The van der Waals surface area contributed by atoms with E-state index in [1.807, 2.05) is 75.9 Å². The first kappa shape index (κ1) is 80.2. The topological polar surface area (TPSA) is 345 Å². The summed E-state index contributed by atoms with van der Waals surface area (Å²) >= 11 is 0. The van der Waals surface area contributed by atoms with E-state index >= 15 is 0 Å². The molecule has 0 aromatic heterocycles. The summed E-state index contributed by atoms with van der Waals surface area (Å²) in [5.74, 6) is 1.07. The van der Waals surface area contributed by atoms with Crippen LogP contribution in [0.3, 0.4) is 0 Å². The van der Waals surface area contributed by atoms with Crippen molar-refractivity contribution in [1.29, 1.82) is 0 Å². The van der Waals surface area contributed by atoms with E-state index < -0.39 is 0 Å². The van der Waals surface area contributed by atoms with Gasteiger partial charge in [0.2, 0.25) is 0 Å². The molecule has 0 aliphatic rings. The van der Waals surface area contributed by atoms with Gasteiger partial charge >= 0.3 is 0 Å². The predicted octanol–water partition coefficient (Wildman–Crippen LogP) is 12.5. The second-order valence-corrected chi connectivity index (χ2v) is 21.2. The first-order valence-corrected chi connectivity index (χ1v) is 31.7. The lowest BCUT2D eigenvalue weighted by atomic mass is 10.1. The number of phenolic OH excluding ortho intramolecular Hbond substituents is 10. The highest BCUT2D eigenvalue weighted by Crippen LogP contribution is 2.26. The van der Waals surface area contributed by atoms with E-state index in [0.29, 0.717) is 78.1 Å². The second-order valence-electron chi connectivity index (χ2n) is 21.2. The quantitative estimate of drug-likeness (QED) is 0.0168. The van der Waals surface area contributed by atoms with Crippen molar-refractivity contribution in [3.05, 3.63) is 220 Å². The van der Waals surface area contributed by atoms with E-state index in [9.17, 15) is 35.7 Å². The minimum atomic E-state index is 0.0522. The molecule has 0 amide bonds. The zero-order valence-electron chi connectivity index (χ0n) is 55.6. The number of aliphatic hydroxyl groups is 2. The number of para-hydroxylation sites is 5. The van der Waals surface area contributed by atoms with Crippen molar-refractivity contribution in [2.45, 2.75) is 52.4 Å². The third kappa shape index (κ3) is 36.3. The van der Waals surface area contributed by atoms with Gasteiger partial charge in [-0.05, 0) is 149 Å². The molecule has 0 radical (unpaired) electrons. The SMILES string of the molecule is CCCCN=Cc1ccc(O)cc1O.CCCN=Cc1ccc(O)cc1O.CN(C)CCCN=Cc1ccc(O)cc1O.OCCCN=Cc1ccc(C=NCCCO)cc1.Oc1ccccc1C=NCCN=Cc1ccccc1O.Oc1ccccc1C=Nc1ccccc1O. The van der Waals surface area contributed by atoms with Crippen LogP contribution >= 0.6 is 0 Å². The van der Waals surface area contributed by atoms with Gasteiger partial charge in [0, 0.05) is 147 Å². The highest BCUT2D eigenvalue weighted by molar-refractivity contribution is 5.88. The van der Waals surface area contributed by atoms with E-state index in [2.05, 4.69) is 51.8 Å². The van der Waals surface area contributed by atoms with Crippen LogP contribution in [0, 0.1) is 0 Å². The zero-order valence-corrected chi connectivity index (χ0v) is 55.6. The molecule has 8 aromatic rings. The summed E-state index contributed by atoms with van der Waals surface area (Å²) in [5.41, 5.74) is 6.46.